The molecule has 0 aliphatic heterocycles. The topological polar surface area (TPSA) is 37.3 Å². The highest BCUT2D eigenvalue weighted by molar-refractivity contribution is 6.10. The van der Waals surface area contributed by atoms with Gasteiger partial charge in [0.25, 0.3) is 0 Å². The minimum absolute atomic E-state index is 0.0666. The average molecular weight is 350 g/mol. The molecule has 0 radical (unpaired) electrons. The fourth-order valence-electron chi connectivity index (χ4n) is 2.78. The summed E-state index contributed by atoms with van der Waals surface area (Å²) >= 11 is 0. The van der Waals surface area contributed by atoms with E-state index in [1.54, 1.807) is 0 Å². The monoisotopic (exact) mass is 350 g/mol. The Morgan fingerprint density at radius 2 is 1.44 bits per heavy atom. The minimum atomic E-state index is -4.61. The van der Waals surface area contributed by atoms with Crippen molar-refractivity contribution in [3.63, 3.8) is 0 Å². The van der Waals surface area contributed by atoms with Gasteiger partial charge in [-0.3, -0.25) is 4.79 Å². The van der Waals surface area contributed by atoms with Crippen molar-refractivity contribution in [3.05, 3.63) is 64.2 Å². The smallest absolute Gasteiger partial charge is 0.417 e. The largest absolute Gasteiger partial charge is 0.507 e. The Hall–Kier alpha value is -2.30. The molecule has 0 aliphatic carbocycles. The number of phenolic OH excluding ortho intramolecular Hbond substituents is 1. The second-order valence-corrected chi connectivity index (χ2v) is 6.69. The maximum absolute atomic E-state index is 13.2. The fraction of sp³-hybridized carbons (Fsp3) is 0.350. The second-order valence-electron chi connectivity index (χ2n) is 6.69. The van der Waals surface area contributed by atoms with Crippen LogP contribution in [0.2, 0.25) is 0 Å². The summed E-state index contributed by atoms with van der Waals surface area (Å²) in [4.78, 5) is 12.8. The van der Waals surface area contributed by atoms with Crippen molar-refractivity contribution < 1.29 is 23.1 Å². The lowest BCUT2D eigenvalue weighted by atomic mass is 9.88. The number of phenols is 1. The third kappa shape index (κ3) is 3.86. The van der Waals surface area contributed by atoms with Crippen molar-refractivity contribution in [2.75, 3.05) is 0 Å². The van der Waals surface area contributed by atoms with Gasteiger partial charge < -0.3 is 5.11 Å². The maximum atomic E-state index is 13.2. The molecule has 0 bridgehead atoms. The van der Waals surface area contributed by atoms with E-state index in [9.17, 15) is 23.1 Å². The van der Waals surface area contributed by atoms with Gasteiger partial charge >= 0.3 is 6.18 Å². The fourth-order valence-corrected chi connectivity index (χ4v) is 2.78. The number of hydrogen-bond acceptors (Lipinski definition) is 2. The highest BCUT2D eigenvalue weighted by atomic mass is 19.4. The molecule has 0 fully saturated rings. The number of ketones is 1. The van der Waals surface area contributed by atoms with Gasteiger partial charge in [-0.15, -0.1) is 0 Å². The lowest BCUT2D eigenvalue weighted by Gasteiger charge is -2.18. The van der Waals surface area contributed by atoms with Gasteiger partial charge in [-0.2, -0.15) is 13.2 Å². The van der Waals surface area contributed by atoms with E-state index in [0.717, 1.165) is 6.07 Å². The van der Waals surface area contributed by atoms with Crippen LogP contribution in [0.1, 0.15) is 72.1 Å². The predicted molar refractivity (Wildman–Crippen MR) is 91.2 cm³/mol. The van der Waals surface area contributed by atoms with Crippen LogP contribution in [0.5, 0.6) is 5.75 Å². The Balaban J connectivity index is 2.66. The zero-order valence-electron chi connectivity index (χ0n) is 14.6. The summed E-state index contributed by atoms with van der Waals surface area (Å²) in [5.41, 5.74) is -0.0737. The van der Waals surface area contributed by atoms with Gasteiger partial charge in [0.2, 0.25) is 0 Å². The Kier molecular flexibility index (Phi) is 5.26. The first-order valence-corrected chi connectivity index (χ1v) is 8.11. The van der Waals surface area contributed by atoms with E-state index < -0.39 is 17.5 Å². The molecular formula is C20H21F3O2. The molecule has 1 N–H and O–H groups in total. The lowest BCUT2D eigenvalue weighted by Crippen LogP contribution is -2.14. The quantitative estimate of drug-likeness (QED) is 0.698. The molecule has 0 atom stereocenters. The second kappa shape index (κ2) is 6.90. The van der Waals surface area contributed by atoms with Crippen LogP contribution in [0.4, 0.5) is 13.2 Å². The van der Waals surface area contributed by atoms with E-state index in [-0.39, 0.29) is 28.7 Å². The Bertz CT molecular complexity index is 761. The van der Waals surface area contributed by atoms with Gasteiger partial charge in [0.1, 0.15) is 5.75 Å². The number of rotatable bonds is 4. The van der Waals surface area contributed by atoms with Crippen molar-refractivity contribution in [1.29, 1.82) is 0 Å². The Labute approximate surface area is 145 Å². The first-order chi connectivity index (χ1) is 11.5. The highest BCUT2D eigenvalue weighted by Crippen LogP contribution is 2.37. The molecule has 134 valence electrons. The summed E-state index contributed by atoms with van der Waals surface area (Å²) in [6, 6.07) is 7.73. The molecule has 2 aromatic rings. The summed E-state index contributed by atoms with van der Waals surface area (Å²) in [5.74, 6) is -0.728. The summed E-state index contributed by atoms with van der Waals surface area (Å²) < 4.78 is 39.6. The predicted octanol–water partition coefficient (Wildman–Crippen LogP) is 5.89. The van der Waals surface area contributed by atoms with E-state index in [1.807, 2.05) is 27.7 Å². The van der Waals surface area contributed by atoms with Crippen LogP contribution in [0.3, 0.4) is 0 Å². The normalized spacial score (nSPS) is 12.0. The molecule has 0 unspecified atom stereocenters. The third-order valence-corrected chi connectivity index (χ3v) is 4.15. The van der Waals surface area contributed by atoms with Crippen LogP contribution in [0, 0.1) is 0 Å². The molecule has 0 saturated carbocycles. The number of carbonyl (C=O) groups is 1. The number of carbonyl (C=O) groups excluding carboxylic acids is 1. The van der Waals surface area contributed by atoms with E-state index in [0.29, 0.717) is 11.1 Å². The molecule has 0 aromatic heterocycles. The van der Waals surface area contributed by atoms with E-state index >= 15 is 0 Å². The molecule has 0 amide bonds. The van der Waals surface area contributed by atoms with Gasteiger partial charge in [0.15, 0.2) is 5.78 Å². The van der Waals surface area contributed by atoms with Crippen LogP contribution in [-0.4, -0.2) is 10.9 Å². The van der Waals surface area contributed by atoms with Crippen molar-refractivity contribution >= 4 is 5.78 Å². The van der Waals surface area contributed by atoms with E-state index in [1.165, 1.54) is 30.3 Å². The van der Waals surface area contributed by atoms with Crippen LogP contribution in [-0.2, 0) is 6.18 Å². The first kappa shape index (κ1) is 19.0. The minimum Gasteiger partial charge on any atom is -0.507 e. The summed E-state index contributed by atoms with van der Waals surface area (Å²) in [7, 11) is 0. The third-order valence-electron chi connectivity index (χ3n) is 4.15. The maximum Gasteiger partial charge on any atom is 0.417 e. The van der Waals surface area contributed by atoms with Gasteiger partial charge in [0.05, 0.1) is 5.56 Å². The molecule has 5 heteroatoms. The molecule has 0 saturated heterocycles. The lowest BCUT2D eigenvalue weighted by molar-refractivity contribution is -0.137. The van der Waals surface area contributed by atoms with Gasteiger partial charge in [-0.05, 0) is 41.2 Å². The number of benzene rings is 2. The van der Waals surface area contributed by atoms with Gasteiger partial charge in [-0.1, -0.05) is 45.9 Å². The van der Waals surface area contributed by atoms with Crippen molar-refractivity contribution in [2.45, 2.75) is 45.7 Å². The zero-order valence-corrected chi connectivity index (χ0v) is 14.6. The first-order valence-electron chi connectivity index (χ1n) is 8.11. The van der Waals surface area contributed by atoms with Crippen LogP contribution in [0.25, 0.3) is 0 Å². The van der Waals surface area contributed by atoms with Crippen LogP contribution < -0.4 is 0 Å². The van der Waals surface area contributed by atoms with Gasteiger partial charge in [0, 0.05) is 11.1 Å². The summed E-state index contributed by atoms with van der Waals surface area (Å²) in [6.07, 6.45) is -4.61. The molecule has 2 nitrogen and oxygen atoms in total. The van der Waals surface area contributed by atoms with E-state index in [4.69, 9.17) is 0 Å². The molecular weight excluding hydrogens is 329 g/mol. The number of halogens is 3. The van der Waals surface area contributed by atoms with Crippen molar-refractivity contribution in [1.82, 2.24) is 0 Å². The summed E-state index contributed by atoms with van der Waals surface area (Å²) in [6.45, 7) is 7.43. The van der Waals surface area contributed by atoms with Crippen LogP contribution in [0.15, 0.2) is 36.4 Å². The van der Waals surface area contributed by atoms with Crippen molar-refractivity contribution in [3.8, 4) is 5.75 Å². The van der Waals surface area contributed by atoms with Crippen LogP contribution >= 0.6 is 0 Å². The Morgan fingerprint density at radius 3 is 1.88 bits per heavy atom. The SMILES string of the molecule is CC(C)c1cc(C(=O)c2ccccc2C(F)(F)F)cc(C(C)C)c1O. The molecule has 2 aromatic carbocycles. The molecule has 2 rings (SSSR count). The van der Waals surface area contributed by atoms with Crippen molar-refractivity contribution in [2.24, 2.45) is 0 Å². The van der Waals surface area contributed by atoms with E-state index in [2.05, 4.69) is 0 Å². The zero-order chi connectivity index (χ0) is 18.9. The Morgan fingerprint density at radius 1 is 0.960 bits per heavy atom. The molecule has 0 heterocycles. The highest BCUT2D eigenvalue weighted by Gasteiger charge is 2.35. The molecule has 0 aliphatic rings. The standard InChI is InChI=1S/C20H21F3O2/c1-11(2)15-9-13(10-16(12(3)4)19(15)25)18(24)14-7-5-6-8-17(14)20(21,22)23/h5-12,25H,1-4H3. The number of hydrogen-bond donors (Lipinski definition) is 1. The average Bonchev–Trinajstić information content (AvgIpc) is 2.53. The number of alkyl halides is 3. The summed E-state index contributed by atoms with van der Waals surface area (Å²) in [5, 5.41) is 10.4. The molecule has 0 spiro atoms. The molecule has 25 heavy (non-hydrogen) atoms. The number of aromatic hydroxyl groups is 1. The van der Waals surface area contributed by atoms with Gasteiger partial charge in [-0.25, -0.2) is 0 Å².